The molecule has 1 heterocycles. The van der Waals surface area contributed by atoms with E-state index in [9.17, 15) is 9.59 Å². The highest BCUT2D eigenvalue weighted by atomic mass is 32.2. The number of carbonyl (C=O) groups excluding carboxylic acids is 2. The molecule has 0 aromatic heterocycles. The number of benzene rings is 4. The third-order valence-electron chi connectivity index (χ3n) is 5.99. The first-order valence-electron chi connectivity index (χ1n) is 11.9. The van der Waals surface area contributed by atoms with Crippen LogP contribution in [0, 0.1) is 0 Å². The van der Waals surface area contributed by atoms with Gasteiger partial charge in [-0.15, -0.1) is 11.8 Å². The quantitative estimate of drug-likeness (QED) is 0.308. The van der Waals surface area contributed by atoms with Gasteiger partial charge in [-0.2, -0.15) is 0 Å². The van der Waals surface area contributed by atoms with Gasteiger partial charge in [-0.1, -0.05) is 54.6 Å². The van der Waals surface area contributed by atoms with E-state index in [0.717, 1.165) is 29.1 Å². The number of ether oxygens (including phenoxy) is 1. The Morgan fingerprint density at radius 2 is 1.33 bits per heavy atom. The minimum Gasteiger partial charge on any atom is -0.484 e. The van der Waals surface area contributed by atoms with Crippen molar-refractivity contribution in [2.75, 3.05) is 22.6 Å². The zero-order valence-electron chi connectivity index (χ0n) is 19.7. The largest absolute Gasteiger partial charge is 0.484 e. The molecule has 0 spiro atoms. The van der Waals surface area contributed by atoms with Crippen molar-refractivity contribution in [3.8, 4) is 5.75 Å². The number of amides is 2. The highest BCUT2D eigenvalue weighted by molar-refractivity contribution is 8.00. The van der Waals surface area contributed by atoms with Crippen LogP contribution in [0.3, 0.4) is 0 Å². The molecule has 1 aliphatic heterocycles. The molecule has 0 atom stereocenters. The van der Waals surface area contributed by atoms with Crippen LogP contribution >= 0.6 is 11.8 Å². The molecule has 36 heavy (non-hydrogen) atoms. The molecule has 2 amide bonds. The minimum atomic E-state index is -0.229. The standard InChI is InChI=1S/C30H26N2O3S/c33-29(20-35-25-10-2-1-3-11-25)31-24-16-18-26(19-17-24)36-21-30(34)32-27-12-6-4-8-22(27)14-15-23-9-5-7-13-28(23)32/h1-13,16-19H,14-15,20-21H2,(H,31,33). The maximum absolute atomic E-state index is 13.5. The Kier molecular flexibility index (Phi) is 7.33. The fourth-order valence-electron chi connectivity index (χ4n) is 4.26. The summed E-state index contributed by atoms with van der Waals surface area (Å²) in [6.45, 7) is -0.0617. The van der Waals surface area contributed by atoms with Crippen LogP contribution in [-0.2, 0) is 22.4 Å². The molecule has 6 heteroatoms. The predicted octanol–water partition coefficient (Wildman–Crippen LogP) is 6.26. The van der Waals surface area contributed by atoms with Gasteiger partial charge in [-0.25, -0.2) is 0 Å². The van der Waals surface area contributed by atoms with Crippen molar-refractivity contribution in [1.82, 2.24) is 0 Å². The maximum atomic E-state index is 13.5. The molecule has 0 bridgehead atoms. The Bertz CT molecular complexity index is 1310. The summed E-state index contributed by atoms with van der Waals surface area (Å²) in [4.78, 5) is 28.5. The van der Waals surface area contributed by atoms with Crippen LogP contribution in [0.5, 0.6) is 5.75 Å². The Hall–Kier alpha value is -4.03. The van der Waals surface area contributed by atoms with Crippen LogP contribution in [-0.4, -0.2) is 24.2 Å². The summed E-state index contributed by atoms with van der Waals surface area (Å²) in [5.41, 5.74) is 4.97. The molecule has 1 N–H and O–H groups in total. The zero-order chi connectivity index (χ0) is 24.7. The van der Waals surface area contributed by atoms with E-state index in [-0.39, 0.29) is 18.4 Å². The number of carbonyl (C=O) groups is 2. The van der Waals surface area contributed by atoms with Gasteiger partial charge in [0.15, 0.2) is 6.61 Å². The Morgan fingerprint density at radius 3 is 1.97 bits per heavy atom. The third kappa shape index (κ3) is 5.61. The molecule has 5 rings (SSSR count). The fraction of sp³-hybridized carbons (Fsp3) is 0.133. The van der Waals surface area contributed by atoms with Crippen LogP contribution < -0.4 is 15.0 Å². The lowest BCUT2D eigenvalue weighted by Crippen LogP contribution is -2.28. The SMILES string of the molecule is O=C(COc1ccccc1)Nc1ccc(SCC(=O)N2c3ccccc3CCc3ccccc32)cc1. The van der Waals surface area contributed by atoms with Crippen LogP contribution in [0.15, 0.2) is 108 Å². The number of aryl methyl sites for hydroxylation is 2. The number of nitrogens with zero attached hydrogens (tertiary/aromatic N) is 1. The summed E-state index contributed by atoms with van der Waals surface area (Å²) < 4.78 is 5.49. The van der Waals surface area contributed by atoms with E-state index in [1.807, 2.05) is 95.9 Å². The molecule has 4 aromatic rings. The number of thioether (sulfide) groups is 1. The van der Waals surface area contributed by atoms with Gasteiger partial charge in [0.1, 0.15) is 5.75 Å². The van der Waals surface area contributed by atoms with Crippen molar-refractivity contribution >= 4 is 40.6 Å². The Balaban J connectivity index is 1.21. The zero-order valence-corrected chi connectivity index (χ0v) is 20.5. The van der Waals surface area contributed by atoms with Crippen LogP contribution in [0.4, 0.5) is 17.1 Å². The summed E-state index contributed by atoms with van der Waals surface area (Å²) in [5, 5.41) is 2.84. The second-order valence-electron chi connectivity index (χ2n) is 8.45. The third-order valence-corrected chi connectivity index (χ3v) is 6.99. The molecule has 0 fully saturated rings. The number of para-hydroxylation sites is 3. The van der Waals surface area contributed by atoms with Crippen molar-refractivity contribution < 1.29 is 14.3 Å². The predicted molar refractivity (Wildman–Crippen MR) is 145 cm³/mol. The lowest BCUT2D eigenvalue weighted by atomic mass is 10.0. The molecular formula is C30H26N2O3S. The average molecular weight is 495 g/mol. The normalized spacial score (nSPS) is 12.2. The number of hydrogen-bond donors (Lipinski definition) is 1. The lowest BCUT2D eigenvalue weighted by Gasteiger charge is -2.25. The number of hydrogen-bond acceptors (Lipinski definition) is 4. The highest BCUT2D eigenvalue weighted by Crippen LogP contribution is 2.36. The molecule has 0 unspecified atom stereocenters. The molecule has 180 valence electrons. The summed E-state index contributed by atoms with van der Waals surface area (Å²) in [6.07, 6.45) is 1.82. The first-order chi connectivity index (χ1) is 17.7. The number of anilines is 3. The molecular weight excluding hydrogens is 468 g/mol. The van der Waals surface area contributed by atoms with Crippen LogP contribution in [0.25, 0.3) is 0 Å². The van der Waals surface area contributed by atoms with Gasteiger partial charge in [0.25, 0.3) is 5.91 Å². The van der Waals surface area contributed by atoms with Crippen LogP contribution in [0.2, 0.25) is 0 Å². The van der Waals surface area contributed by atoms with E-state index >= 15 is 0 Å². The van der Waals surface area contributed by atoms with Crippen LogP contribution in [0.1, 0.15) is 11.1 Å². The lowest BCUT2D eigenvalue weighted by molar-refractivity contribution is -0.118. The van der Waals surface area contributed by atoms with Gasteiger partial charge in [0.05, 0.1) is 17.1 Å². The van der Waals surface area contributed by atoms with Crippen molar-refractivity contribution in [1.29, 1.82) is 0 Å². The summed E-state index contributed by atoms with van der Waals surface area (Å²) >= 11 is 1.48. The number of nitrogens with one attached hydrogen (secondary N) is 1. The molecule has 0 saturated carbocycles. The average Bonchev–Trinajstić information content (AvgIpc) is 3.09. The number of fused-ring (bicyclic) bond motifs is 2. The summed E-state index contributed by atoms with van der Waals surface area (Å²) in [5.74, 6) is 0.767. The second-order valence-corrected chi connectivity index (χ2v) is 9.50. The highest BCUT2D eigenvalue weighted by Gasteiger charge is 2.25. The topological polar surface area (TPSA) is 58.6 Å². The van der Waals surface area contributed by atoms with Crippen molar-refractivity contribution in [2.45, 2.75) is 17.7 Å². The van der Waals surface area contributed by atoms with Crippen molar-refractivity contribution in [3.05, 3.63) is 114 Å². The van der Waals surface area contributed by atoms with Gasteiger partial charge >= 0.3 is 0 Å². The molecule has 0 radical (unpaired) electrons. The van der Waals surface area contributed by atoms with Crippen molar-refractivity contribution in [3.63, 3.8) is 0 Å². The van der Waals surface area contributed by atoms with E-state index in [2.05, 4.69) is 17.4 Å². The summed E-state index contributed by atoms with van der Waals surface area (Å²) in [6, 6.07) is 33.0. The molecule has 0 aliphatic carbocycles. The molecule has 5 nitrogen and oxygen atoms in total. The monoisotopic (exact) mass is 494 g/mol. The van der Waals surface area contributed by atoms with Crippen molar-refractivity contribution in [2.24, 2.45) is 0 Å². The molecule has 1 aliphatic rings. The van der Waals surface area contributed by atoms with E-state index in [4.69, 9.17) is 4.74 Å². The van der Waals surface area contributed by atoms with E-state index < -0.39 is 0 Å². The number of rotatable bonds is 7. The maximum Gasteiger partial charge on any atom is 0.262 e. The Morgan fingerprint density at radius 1 is 0.750 bits per heavy atom. The first kappa shape index (κ1) is 23.7. The molecule has 0 saturated heterocycles. The van der Waals surface area contributed by atoms with Gasteiger partial charge < -0.3 is 10.1 Å². The van der Waals surface area contributed by atoms with Gasteiger partial charge in [0, 0.05) is 10.6 Å². The minimum absolute atomic E-state index is 0.0391. The van der Waals surface area contributed by atoms with E-state index in [1.54, 1.807) is 0 Å². The van der Waals surface area contributed by atoms with E-state index in [0.29, 0.717) is 17.2 Å². The summed E-state index contributed by atoms with van der Waals surface area (Å²) in [7, 11) is 0. The first-order valence-corrected chi connectivity index (χ1v) is 12.9. The van der Waals surface area contributed by atoms with E-state index in [1.165, 1.54) is 22.9 Å². The van der Waals surface area contributed by atoms with Gasteiger partial charge in [-0.3, -0.25) is 14.5 Å². The Labute approximate surface area is 215 Å². The van der Waals surface area contributed by atoms with Gasteiger partial charge in [-0.05, 0) is 72.5 Å². The fourth-order valence-corrected chi connectivity index (χ4v) is 5.00. The van der Waals surface area contributed by atoms with Gasteiger partial charge in [0.2, 0.25) is 5.91 Å². The smallest absolute Gasteiger partial charge is 0.262 e. The molecule has 4 aromatic carbocycles. The second kappa shape index (κ2) is 11.1.